The standard InChI is InChI=1S/C19H16Cl3N3O2S/c1-11(26)28-18(25-10-23)24-9-19(12-5-3-2-4-6-12)17(27-19)13-7-8-14(20)16(22)15(13)21/h2-8,10,17H,9H2,1H3,(H2,23,24,25)/t17-,19-/m1/s1. The maximum atomic E-state index is 11.4. The molecule has 2 aromatic rings. The van der Waals surface area contributed by atoms with E-state index in [1.165, 1.54) is 6.92 Å². The van der Waals surface area contributed by atoms with Crippen molar-refractivity contribution >= 4 is 63.2 Å². The Labute approximate surface area is 181 Å². The van der Waals surface area contributed by atoms with Crippen molar-refractivity contribution in [1.29, 1.82) is 0 Å². The average molecular weight is 457 g/mol. The number of hydrogen-bond acceptors (Lipinski definition) is 4. The van der Waals surface area contributed by atoms with Crippen LogP contribution >= 0.6 is 46.6 Å². The van der Waals surface area contributed by atoms with E-state index in [1.807, 2.05) is 30.3 Å². The minimum atomic E-state index is -0.755. The Morgan fingerprint density at radius 2 is 1.93 bits per heavy atom. The van der Waals surface area contributed by atoms with Gasteiger partial charge in [-0.05, 0) is 23.4 Å². The first kappa shape index (κ1) is 21.1. The van der Waals surface area contributed by atoms with E-state index in [0.717, 1.165) is 29.2 Å². The molecule has 0 saturated carbocycles. The summed E-state index contributed by atoms with van der Waals surface area (Å²) >= 11 is 19.6. The van der Waals surface area contributed by atoms with Crippen LogP contribution in [0.3, 0.4) is 0 Å². The maximum absolute atomic E-state index is 11.4. The highest BCUT2D eigenvalue weighted by Crippen LogP contribution is 2.59. The number of nitrogens with zero attached hydrogens (tertiary/aromatic N) is 2. The number of rotatable bonds is 4. The van der Waals surface area contributed by atoms with E-state index in [4.69, 9.17) is 45.3 Å². The first-order chi connectivity index (χ1) is 13.4. The number of nitrogens with two attached hydrogens (primary N) is 1. The third kappa shape index (κ3) is 4.36. The zero-order valence-electron chi connectivity index (χ0n) is 14.7. The van der Waals surface area contributed by atoms with Crippen LogP contribution in [0.4, 0.5) is 0 Å². The van der Waals surface area contributed by atoms with Crippen LogP contribution in [0, 0.1) is 0 Å². The number of carbonyl (C=O) groups excluding carboxylic acids is 1. The zero-order valence-corrected chi connectivity index (χ0v) is 17.8. The molecule has 2 N–H and O–H groups in total. The number of hydrogen-bond donors (Lipinski definition) is 1. The van der Waals surface area contributed by atoms with Crippen molar-refractivity contribution in [3.8, 4) is 0 Å². The van der Waals surface area contributed by atoms with Gasteiger partial charge in [0.05, 0.1) is 28.0 Å². The fourth-order valence-corrected chi connectivity index (χ4v) is 4.00. The van der Waals surface area contributed by atoms with Gasteiger partial charge in [0.15, 0.2) is 10.3 Å². The van der Waals surface area contributed by atoms with Crippen molar-refractivity contribution in [2.75, 3.05) is 6.54 Å². The molecule has 9 heteroatoms. The molecular formula is C19H16Cl3N3O2S. The second-order valence-electron chi connectivity index (χ2n) is 5.99. The number of halogens is 3. The van der Waals surface area contributed by atoms with Crippen LogP contribution in [-0.2, 0) is 15.1 Å². The SMILES string of the molecule is CC(=O)SC(=NC[C@]1(c2ccccc2)O[C@@H]1c1ccc(Cl)c(Cl)c1Cl)/N=C\N. The summed E-state index contributed by atoms with van der Waals surface area (Å²) in [6.45, 7) is 1.66. The van der Waals surface area contributed by atoms with Crippen molar-refractivity contribution < 1.29 is 9.53 Å². The van der Waals surface area contributed by atoms with Gasteiger partial charge in [0.25, 0.3) is 0 Å². The van der Waals surface area contributed by atoms with Crippen molar-refractivity contribution in [2.45, 2.75) is 18.6 Å². The van der Waals surface area contributed by atoms with E-state index in [-0.39, 0.29) is 28.0 Å². The zero-order chi connectivity index (χ0) is 20.3. The molecule has 0 amide bonds. The lowest BCUT2D eigenvalue weighted by Gasteiger charge is -2.13. The third-order valence-corrected chi connectivity index (χ3v) is 6.19. The van der Waals surface area contributed by atoms with Crippen LogP contribution in [0.15, 0.2) is 52.4 Å². The summed E-state index contributed by atoms with van der Waals surface area (Å²) in [5.74, 6) is 0. The Bertz CT molecular complexity index is 953. The third-order valence-electron chi connectivity index (χ3n) is 4.17. The molecule has 3 rings (SSSR count). The van der Waals surface area contributed by atoms with Crippen molar-refractivity contribution in [3.05, 3.63) is 68.7 Å². The molecule has 28 heavy (non-hydrogen) atoms. The van der Waals surface area contributed by atoms with Crippen LogP contribution in [0.1, 0.15) is 24.2 Å². The molecule has 1 saturated heterocycles. The molecular weight excluding hydrogens is 441 g/mol. The normalized spacial score (nSPS) is 21.9. The summed E-state index contributed by atoms with van der Waals surface area (Å²) in [4.78, 5) is 19.8. The van der Waals surface area contributed by atoms with E-state index < -0.39 is 5.60 Å². The molecule has 1 fully saturated rings. The first-order valence-electron chi connectivity index (χ1n) is 8.23. The van der Waals surface area contributed by atoms with Gasteiger partial charge in [0.1, 0.15) is 11.7 Å². The Morgan fingerprint density at radius 3 is 2.57 bits per heavy atom. The minimum Gasteiger partial charge on any atom is -0.390 e. The van der Waals surface area contributed by atoms with Gasteiger partial charge in [0, 0.05) is 12.5 Å². The lowest BCUT2D eigenvalue weighted by molar-refractivity contribution is -0.109. The number of amidine groups is 1. The minimum absolute atomic E-state index is 0.140. The largest absolute Gasteiger partial charge is 0.390 e. The molecule has 0 radical (unpaired) electrons. The molecule has 1 heterocycles. The van der Waals surface area contributed by atoms with E-state index in [1.54, 1.807) is 12.1 Å². The van der Waals surface area contributed by atoms with E-state index in [2.05, 4.69) is 9.98 Å². The number of thioether (sulfide) groups is 1. The van der Waals surface area contributed by atoms with E-state index >= 15 is 0 Å². The summed E-state index contributed by atoms with van der Waals surface area (Å²) in [5.41, 5.74) is 6.26. The molecule has 1 aliphatic rings. The fourth-order valence-electron chi connectivity index (χ4n) is 2.86. The van der Waals surface area contributed by atoms with Gasteiger partial charge >= 0.3 is 0 Å². The van der Waals surface area contributed by atoms with Gasteiger partial charge in [-0.2, -0.15) is 0 Å². The summed E-state index contributed by atoms with van der Waals surface area (Å²) in [6, 6.07) is 13.1. The van der Waals surface area contributed by atoms with Crippen LogP contribution in [-0.4, -0.2) is 23.2 Å². The second kappa shape index (κ2) is 8.84. The molecule has 0 spiro atoms. The molecule has 2 atom stereocenters. The summed E-state index contributed by atoms with van der Waals surface area (Å²) in [7, 11) is 0. The lowest BCUT2D eigenvalue weighted by atomic mass is 9.91. The highest BCUT2D eigenvalue weighted by atomic mass is 35.5. The van der Waals surface area contributed by atoms with E-state index in [9.17, 15) is 4.79 Å². The first-order valence-corrected chi connectivity index (χ1v) is 10.2. The number of epoxide rings is 1. The molecule has 0 aliphatic carbocycles. The number of aliphatic imine (C=N–C) groups is 2. The number of ether oxygens (including phenoxy) is 1. The molecule has 1 aliphatic heterocycles. The maximum Gasteiger partial charge on any atom is 0.193 e. The highest BCUT2D eigenvalue weighted by Gasteiger charge is 2.59. The van der Waals surface area contributed by atoms with Crippen molar-refractivity contribution in [3.63, 3.8) is 0 Å². The number of carbonyl (C=O) groups is 1. The predicted octanol–water partition coefficient (Wildman–Crippen LogP) is 5.24. The Kier molecular flexibility index (Phi) is 6.68. The second-order valence-corrected chi connectivity index (χ2v) is 8.30. The molecule has 0 unspecified atom stereocenters. The van der Waals surface area contributed by atoms with Crippen LogP contribution in [0.5, 0.6) is 0 Å². The predicted molar refractivity (Wildman–Crippen MR) is 117 cm³/mol. The van der Waals surface area contributed by atoms with Gasteiger partial charge < -0.3 is 10.5 Å². The Hall–Kier alpha value is -1.57. The van der Waals surface area contributed by atoms with Gasteiger partial charge in [0.2, 0.25) is 0 Å². The quantitative estimate of drug-likeness (QED) is 0.295. The molecule has 146 valence electrons. The highest BCUT2D eigenvalue weighted by molar-refractivity contribution is 8.26. The summed E-state index contributed by atoms with van der Waals surface area (Å²) in [5, 5.41) is 1.12. The fraction of sp³-hybridized carbons (Fsp3) is 0.211. The molecule has 2 aromatic carbocycles. The van der Waals surface area contributed by atoms with Crippen molar-refractivity contribution in [1.82, 2.24) is 0 Å². The molecule has 5 nitrogen and oxygen atoms in total. The van der Waals surface area contributed by atoms with Gasteiger partial charge in [-0.3, -0.25) is 9.79 Å². The average Bonchev–Trinajstić information content (AvgIpc) is 3.40. The topological polar surface area (TPSA) is 80.3 Å². The van der Waals surface area contributed by atoms with E-state index in [0.29, 0.717) is 10.0 Å². The van der Waals surface area contributed by atoms with Crippen LogP contribution in [0.2, 0.25) is 15.1 Å². The summed E-state index contributed by atoms with van der Waals surface area (Å²) < 4.78 is 6.12. The molecule has 0 aromatic heterocycles. The van der Waals surface area contributed by atoms with Crippen LogP contribution in [0.25, 0.3) is 0 Å². The van der Waals surface area contributed by atoms with Gasteiger partial charge in [-0.15, -0.1) is 0 Å². The number of benzene rings is 2. The van der Waals surface area contributed by atoms with Crippen LogP contribution < -0.4 is 5.73 Å². The molecule has 0 bridgehead atoms. The summed E-state index contributed by atoms with van der Waals surface area (Å²) in [6.07, 6.45) is 0.733. The van der Waals surface area contributed by atoms with Gasteiger partial charge in [-0.25, -0.2) is 4.99 Å². The van der Waals surface area contributed by atoms with Crippen molar-refractivity contribution in [2.24, 2.45) is 15.7 Å². The monoisotopic (exact) mass is 455 g/mol. The smallest absolute Gasteiger partial charge is 0.193 e. The Balaban J connectivity index is 1.98. The Morgan fingerprint density at radius 1 is 1.21 bits per heavy atom. The van der Waals surface area contributed by atoms with Gasteiger partial charge in [-0.1, -0.05) is 71.2 Å². The lowest BCUT2D eigenvalue weighted by Crippen LogP contribution is -2.16.